The molecule has 0 aliphatic heterocycles. The molecule has 0 aliphatic rings. The molecule has 1 heterocycles. The van der Waals surface area contributed by atoms with Crippen LogP contribution in [0.3, 0.4) is 0 Å². The van der Waals surface area contributed by atoms with Crippen LogP contribution in [0.2, 0.25) is 0 Å². The summed E-state index contributed by atoms with van der Waals surface area (Å²) in [6.45, 7) is 2.81. The van der Waals surface area contributed by atoms with E-state index in [1.807, 2.05) is 0 Å². The van der Waals surface area contributed by atoms with E-state index in [-0.39, 0.29) is 11.0 Å². The average molecular weight is 234 g/mol. The van der Waals surface area contributed by atoms with Gasteiger partial charge in [0.2, 0.25) is 5.91 Å². The predicted octanol–water partition coefficient (Wildman–Crippen LogP) is 1.97. The number of thioether (sulfide) groups is 1. The Labute approximate surface area is 88.0 Å². The lowest BCUT2D eigenvalue weighted by molar-refractivity contribution is -0.109. The van der Waals surface area contributed by atoms with E-state index in [2.05, 4.69) is 5.10 Å². The van der Waals surface area contributed by atoms with Crippen molar-refractivity contribution >= 4 is 46.3 Å². The Kier molecular flexibility index (Phi) is 3.34. The van der Waals surface area contributed by atoms with Gasteiger partial charge in [-0.15, -0.1) is 5.10 Å². The van der Waals surface area contributed by atoms with E-state index >= 15 is 0 Å². The normalized spacial score (nSPS) is 10.0. The molecule has 0 atom stereocenters. The van der Waals surface area contributed by atoms with Crippen molar-refractivity contribution in [3.05, 3.63) is 3.95 Å². The third-order valence-corrected chi connectivity index (χ3v) is 3.13. The first kappa shape index (κ1) is 10.6. The minimum Gasteiger partial charge on any atom is -0.287 e. The lowest BCUT2D eigenvalue weighted by atomic mass is 10.7. The van der Waals surface area contributed by atoms with Gasteiger partial charge in [0.15, 0.2) is 13.4 Å². The quantitative estimate of drug-likeness (QED) is 0.549. The zero-order valence-corrected chi connectivity index (χ0v) is 9.39. The molecule has 0 aliphatic carbocycles. The second-order valence-electron chi connectivity index (χ2n) is 2.16. The lowest BCUT2D eigenvalue weighted by Gasteiger charge is -1.89. The van der Waals surface area contributed by atoms with E-state index in [0.717, 1.165) is 27.8 Å². The fourth-order valence-electron chi connectivity index (χ4n) is 0.624. The molecule has 1 aromatic rings. The molecule has 4 nitrogen and oxygen atoms in total. The second-order valence-corrected chi connectivity index (χ2v) is 5.21. The van der Waals surface area contributed by atoms with Crippen LogP contribution < -0.4 is 0 Å². The maximum absolute atomic E-state index is 10.9. The molecule has 0 bridgehead atoms. The van der Waals surface area contributed by atoms with Crippen molar-refractivity contribution < 1.29 is 9.59 Å². The smallest absolute Gasteiger partial charge is 0.245 e. The summed E-state index contributed by atoms with van der Waals surface area (Å²) < 4.78 is 2.00. The van der Waals surface area contributed by atoms with E-state index in [0.29, 0.717) is 8.29 Å². The van der Waals surface area contributed by atoms with Crippen molar-refractivity contribution in [3.8, 4) is 0 Å². The Morgan fingerprint density at radius 1 is 1.54 bits per heavy atom. The molecular formula is C6H6N2O2S3. The van der Waals surface area contributed by atoms with Crippen LogP contribution in [-0.4, -0.2) is 20.8 Å². The summed E-state index contributed by atoms with van der Waals surface area (Å²) in [5.74, 6) is -0.239. The number of carbonyl (C=O) groups is 2. The largest absolute Gasteiger partial charge is 0.287 e. The number of hydrogen-bond acceptors (Lipinski definition) is 6. The van der Waals surface area contributed by atoms with Gasteiger partial charge in [0, 0.05) is 13.8 Å². The van der Waals surface area contributed by atoms with Crippen molar-refractivity contribution in [2.24, 2.45) is 0 Å². The first-order chi connectivity index (χ1) is 6.00. The highest BCUT2D eigenvalue weighted by atomic mass is 32.2. The van der Waals surface area contributed by atoms with Crippen LogP contribution in [0, 0.1) is 3.95 Å². The van der Waals surface area contributed by atoms with Gasteiger partial charge < -0.3 is 0 Å². The van der Waals surface area contributed by atoms with Crippen molar-refractivity contribution in [2.75, 3.05) is 0 Å². The Bertz CT molecular complexity index is 406. The average Bonchev–Trinajstić information content (AvgIpc) is 2.29. The van der Waals surface area contributed by atoms with Gasteiger partial charge in [-0.2, -0.15) is 4.68 Å². The Morgan fingerprint density at radius 3 is 2.54 bits per heavy atom. The number of rotatable bonds is 1. The lowest BCUT2D eigenvalue weighted by Crippen LogP contribution is -2.07. The summed E-state index contributed by atoms with van der Waals surface area (Å²) in [4.78, 5) is 21.6. The first-order valence-corrected chi connectivity index (χ1v) is 5.34. The molecule has 0 saturated carbocycles. The van der Waals surface area contributed by atoms with Gasteiger partial charge in [0.05, 0.1) is 0 Å². The second kappa shape index (κ2) is 4.12. The monoisotopic (exact) mass is 234 g/mol. The van der Waals surface area contributed by atoms with E-state index in [1.165, 1.54) is 13.8 Å². The minimum atomic E-state index is -0.239. The molecule has 1 aromatic heterocycles. The fraction of sp³-hybridized carbons (Fsp3) is 0.333. The molecule has 70 valence electrons. The zero-order valence-electron chi connectivity index (χ0n) is 6.94. The highest BCUT2D eigenvalue weighted by Gasteiger charge is 2.08. The van der Waals surface area contributed by atoms with Crippen LogP contribution in [-0.2, 0) is 4.79 Å². The molecule has 0 amide bonds. The van der Waals surface area contributed by atoms with Gasteiger partial charge in [-0.25, -0.2) is 0 Å². The topological polar surface area (TPSA) is 52.0 Å². The summed E-state index contributed by atoms with van der Waals surface area (Å²) in [7, 11) is 0. The molecular weight excluding hydrogens is 228 g/mol. The van der Waals surface area contributed by atoms with Crippen LogP contribution in [0.5, 0.6) is 0 Å². The van der Waals surface area contributed by atoms with Crippen LogP contribution in [0.4, 0.5) is 0 Å². The molecule has 0 spiro atoms. The van der Waals surface area contributed by atoms with Crippen molar-refractivity contribution in [2.45, 2.75) is 18.2 Å². The Hall–Kier alpha value is -0.530. The molecule has 1 rings (SSSR count). The molecule has 0 radical (unpaired) electrons. The van der Waals surface area contributed by atoms with Crippen molar-refractivity contribution in [3.63, 3.8) is 0 Å². The maximum Gasteiger partial charge on any atom is 0.245 e. The van der Waals surface area contributed by atoms with Crippen molar-refractivity contribution in [1.29, 1.82) is 0 Å². The van der Waals surface area contributed by atoms with E-state index in [4.69, 9.17) is 12.2 Å². The molecule has 0 aromatic carbocycles. The predicted molar refractivity (Wildman–Crippen MR) is 53.8 cm³/mol. The SMILES string of the molecule is CC(=O)Sc1nn(C(C)=O)c(=S)s1. The standard InChI is InChI=1S/C6H6N2O2S3/c1-3(9)8-6(11)13-5(7-8)12-4(2)10/h1-2H3. The van der Waals surface area contributed by atoms with Crippen molar-refractivity contribution in [1.82, 2.24) is 9.78 Å². The third kappa shape index (κ3) is 2.71. The van der Waals surface area contributed by atoms with Gasteiger partial charge in [-0.1, -0.05) is 11.3 Å². The molecule has 0 saturated heterocycles. The van der Waals surface area contributed by atoms with Gasteiger partial charge >= 0.3 is 0 Å². The van der Waals surface area contributed by atoms with Crippen LogP contribution in [0.25, 0.3) is 0 Å². The molecule has 7 heteroatoms. The first-order valence-electron chi connectivity index (χ1n) is 3.30. The summed E-state index contributed by atoms with van der Waals surface area (Å²) in [5, 5.41) is 3.80. The zero-order chi connectivity index (χ0) is 10.0. The van der Waals surface area contributed by atoms with Gasteiger partial charge in [0.25, 0.3) is 0 Å². The number of aromatic nitrogens is 2. The van der Waals surface area contributed by atoms with E-state index < -0.39 is 0 Å². The van der Waals surface area contributed by atoms with Crippen LogP contribution in [0.1, 0.15) is 18.6 Å². The van der Waals surface area contributed by atoms with Crippen LogP contribution >= 0.6 is 35.3 Å². The Morgan fingerprint density at radius 2 is 2.15 bits per heavy atom. The minimum absolute atomic E-state index is 0.0700. The van der Waals surface area contributed by atoms with E-state index in [1.54, 1.807) is 0 Å². The maximum atomic E-state index is 10.9. The number of hydrogen-bond donors (Lipinski definition) is 0. The highest BCUT2D eigenvalue weighted by Crippen LogP contribution is 2.22. The number of carbonyl (C=O) groups excluding carboxylic acids is 2. The van der Waals surface area contributed by atoms with Gasteiger partial charge in [-0.05, 0) is 24.0 Å². The highest BCUT2D eigenvalue weighted by molar-refractivity contribution is 8.14. The molecule has 0 fully saturated rings. The third-order valence-electron chi connectivity index (χ3n) is 1.06. The van der Waals surface area contributed by atoms with Gasteiger partial charge in [-0.3, -0.25) is 9.59 Å². The van der Waals surface area contributed by atoms with Crippen LogP contribution in [0.15, 0.2) is 4.34 Å². The molecule has 13 heavy (non-hydrogen) atoms. The summed E-state index contributed by atoms with van der Waals surface area (Å²) in [6, 6.07) is 0. The van der Waals surface area contributed by atoms with Gasteiger partial charge in [0.1, 0.15) is 0 Å². The van der Waals surface area contributed by atoms with E-state index in [9.17, 15) is 9.59 Å². The molecule has 0 N–H and O–H groups in total. The fourth-order valence-corrected chi connectivity index (χ4v) is 2.84. The number of nitrogens with zero attached hydrogens (tertiary/aromatic N) is 2. The molecule has 0 unspecified atom stereocenters. The summed E-state index contributed by atoms with van der Waals surface area (Å²) in [5.41, 5.74) is 0. The summed E-state index contributed by atoms with van der Waals surface area (Å²) >= 11 is 7.01. The summed E-state index contributed by atoms with van der Waals surface area (Å²) in [6.07, 6.45) is 0. The Balaban J connectivity index is 3.02.